The van der Waals surface area contributed by atoms with Gasteiger partial charge in [0.2, 0.25) is 0 Å². The van der Waals surface area contributed by atoms with E-state index in [4.69, 9.17) is 0 Å². The predicted molar refractivity (Wildman–Crippen MR) is 70.5 cm³/mol. The normalized spacial score (nSPS) is 18.9. The highest BCUT2D eigenvalue weighted by molar-refractivity contribution is 9.10. The summed E-state index contributed by atoms with van der Waals surface area (Å²) in [7, 11) is 0. The van der Waals surface area contributed by atoms with Crippen LogP contribution in [0, 0.1) is 5.92 Å². The Hall–Kier alpha value is -0.340. The van der Waals surface area contributed by atoms with Gasteiger partial charge in [-0.1, -0.05) is 53.7 Å². The first-order valence-corrected chi connectivity index (χ1v) is 6.95. The Morgan fingerprint density at radius 2 is 1.81 bits per heavy atom. The summed E-state index contributed by atoms with van der Waals surface area (Å²) in [5, 5.41) is 9.50. The lowest BCUT2D eigenvalue weighted by atomic mass is 9.88. The number of hydrogen-bond acceptors (Lipinski definition) is 1. The van der Waals surface area contributed by atoms with Crippen LogP contribution in [-0.2, 0) is 0 Å². The summed E-state index contributed by atoms with van der Waals surface area (Å²) in [6.45, 7) is 0.276. The fourth-order valence-corrected chi connectivity index (χ4v) is 2.96. The van der Waals surface area contributed by atoms with Gasteiger partial charge in [0.15, 0.2) is 0 Å². The van der Waals surface area contributed by atoms with E-state index < -0.39 is 0 Å². The van der Waals surface area contributed by atoms with Gasteiger partial charge in [-0.25, -0.2) is 0 Å². The first-order valence-electron chi connectivity index (χ1n) is 6.16. The molecule has 1 unspecified atom stereocenters. The molecule has 1 N–H and O–H groups in total. The van der Waals surface area contributed by atoms with Crippen LogP contribution >= 0.6 is 15.9 Å². The highest BCUT2D eigenvalue weighted by Gasteiger charge is 2.20. The standard InChI is InChI=1S/C14H19BrO/c15-14-7-5-12(6-8-14)13(10-16)9-11-3-1-2-4-11/h5-8,11,13,16H,1-4,9-10H2. The molecule has 1 aliphatic rings. The summed E-state index contributed by atoms with van der Waals surface area (Å²) in [4.78, 5) is 0. The predicted octanol–water partition coefficient (Wildman–Crippen LogP) is 4.11. The summed E-state index contributed by atoms with van der Waals surface area (Å²) in [5.74, 6) is 1.16. The zero-order valence-electron chi connectivity index (χ0n) is 9.53. The van der Waals surface area contributed by atoms with E-state index in [1.807, 2.05) is 0 Å². The van der Waals surface area contributed by atoms with Gasteiger partial charge >= 0.3 is 0 Å². The zero-order chi connectivity index (χ0) is 11.4. The average Bonchev–Trinajstić information content (AvgIpc) is 2.80. The molecule has 16 heavy (non-hydrogen) atoms. The molecule has 1 atom stereocenters. The van der Waals surface area contributed by atoms with Crippen molar-refractivity contribution in [3.8, 4) is 0 Å². The molecule has 2 heteroatoms. The molecule has 1 aromatic carbocycles. The second-order valence-corrected chi connectivity index (χ2v) is 5.73. The third-order valence-corrected chi connectivity index (χ3v) is 4.18. The smallest absolute Gasteiger partial charge is 0.0499 e. The summed E-state index contributed by atoms with van der Waals surface area (Å²) < 4.78 is 1.11. The van der Waals surface area contributed by atoms with Gasteiger partial charge in [0.05, 0.1) is 0 Å². The molecule has 0 spiro atoms. The molecule has 0 bridgehead atoms. The number of hydrogen-bond donors (Lipinski definition) is 1. The third-order valence-electron chi connectivity index (χ3n) is 3.65. The second-order valence-electron chi connectivity index (χ2n) is 4.82. The van der Waals surface area contributed by atoms with E-state index in [2.05, 4.69) is 40.2 Å². The molecule has 88 valence electrons. The van der Waals surface area contributed by atoms with Crippen molar-refractivity contribution < 1.29 is 5.11 Å². The van der Waals surface area contributed by atoms with Crippen LogP contribution in [0.1, 0.15) is 43.6 Å². The van der Waals surface area contributed by atoms with Crippen LogP contribution in [0.5, 0.6) is 0 Å². The van der Waals surface area contributed by atoms with Gasteiger partial charge in [0, 0.05) is 17.0 Å². The number of benzene rings is 1. The molecule has 0 aromatic heterocycles. The molecule has 1 fully saturated rings. The Balaban J connectivity index is 2.00. The zero-order valence-corrected chi connectivity index (χ0v) is 11.1. The van der Waals surface area contributed by atoms with Crippen LogP contribution in [0.2, 0.25) is 0 Å². The van der Waals surface area contributed by atoms with Crippen LogP contribution in [-0.4, -0.2) is 11.7 Å². The van der Waals surface area contributed by atoms with Crippen molar-refractivity contribution in [1.29, 1.82) is 0 Å². The van der Waals surface area contributed by atoms with E-state index in [-0.39, 0.29) is 6.61 Å². The van der Waals surface area contributed by atoms with Gasteiger partial charge in [0.1, 0.15) is 0 Å². The Morgan fingerprint density at radius 1 is 1.19 bits per heavy atom. The van der Waals surface area contributed by atoms with Gasteiger partial charge in [-0.15, -0.1) is 0 Å². The van der Waals surface area contributed by atoms with E-state index in [1.54, 1.807) is 0 Å². The van der Waals surface area contributed by atoms with E-state index in [0.29, 0.717) is 5.92 Å². The minimum Gasteiger partial charge on any atom is -0.396 e. The lowest BCUT2D eigenvalue weighted by Gasteiger charge is -2.18. The van der Waals surface area contributed by atoms with E-state index in [9.17, 15) is 5.11 Å². The Kier molecular flexibility index (Phi) is 4.42. The van der Waals surface area contributed by atoms with Gasteiger partial charge in [-0.2, -0.15) is 0 Å². The molecule has 0 amide bonds. The summed E-state index contributed by atoms with van der Waals surface area (Å²) in [6, 6.07) is 8.37. The van der Waals surface area contributed by atoms with E-state index >= 15 is 0 Å². The molecule has 0 heterocycles. The molecule has 1 saturated carbocycles. The second kappa shape index (κ2) is 5.83. The van der Waals surface area contributed by atoms with Crippen molar-refractivity contribution in [3.05, 3.63) is 34.3 Å². The van der Waals surface area contributed by atoms with Crippen LogP contribution in [0.15, 0.2) is 28.7 Å². The van der Waals surface area contributed by atoms with Crippen molar-refractivity contribution in [2.75, 3.05) is 6.61 Å². The number of halogens is 1. The lowest BCUT2D eigenvalue weighted by molar-refractivity contribution is 0.244. The first-order chi connectivity index (χ1) is 7.79. The third kappa shape index (κ3) is 3.08. The monoisotopic (exact) mass is 282 g/mol. The van der Waals surface area contributed by atoms with Gasteiger partial charge in [-0.3, -0.25) is 0 Å². The molecular formula is C14H19BrO. The molecule has 0 saturated heterocycles. The van der Waals surface area contributed by atoms with E-state index in [1.165, 1.54) is 31.2 Å². The van der Waals surface area contributed by atoms with Crippen molar-refractivity contribution in [2.45, 2.75) is 38.0 Å². The highest BCUT2D eigenvalue weighted by atomic mass is 79.9. The molecule has 0 aliphatic heterocycles. The topological polar surface area (TPSA) is 20.2 Å². The number of rotatable bonds is 4. The molecular weight excluding hydrogens is 264 g/mol. The summed E-state index contributed by atoms with van der Waals surface area (Å²) >= 11 is 3.44. The Labute approximate surface area is 106 Å². The maximum Gasteiger partial charge on any atom is 0.0499 e. The quantitative estimate of drug-likeness (QED) is 0.881. The number of aliphatic hydroxyl groups excluding tert-OH is 1. The fourth-order valence-electron chi connectivity index (χ4n) is 2.70. The van der Waals surface area contributed by atoms with Crippen molar-refractivity contribution in [3.63, 3.8) is 0 Å². The largest absolute Gasteiger partial charge is 0.396 e. The van der Waals surface area contributed by atoms with Gasteiger partial charge in [-0.05, 0) is 30.0 Å². The molecule has 1 nitrogen and oxygen atoms in total. The highest BCUT2D eigenvalue weighted by Crippen LogP contribution is 2.34. The van der Waals surface area contributed by atoms with Crippen LogP contribution in [0.25, 0.3) is 0 Å². The minimum absolute atomic E-state index is 0.276. The maximum atomic E-state index is 9.50. The fraction of sp³-hybridized carbons (Fsp3) is 0.571. The first kappa shape index (κ1) is 12.1. The SMILES string of the molecule is OCC(CC1CCCC1)c1ccc(Br)cc1. The van der Waals surface area contributed by atoms with Gasteiger partial charge in [0.25, 0.3) is 0 Å². The summed E-state index contributed by atoms with van der Waals surface area (Å²) in [6.07, 6.45) is 6.62. The van der Waals surface area contributed by atoms with Crippen molar-refractivity contribution in [1.82, 2.24) is 0 Å². The maximum absolute atomic E-state index is 9.50. The Morgan fingerprint density at radius 3 is 2.38 bits per heavy atom. The van der Waals surface area contributed by atoms with Crippen LogP contribution < -0.4 is 0 Å². The van der Waals surface area contributed by atoms with Crippen molar-refractivity contribution >= 4 is 15.9 Å². The van der Waals surface area contributed by atoms with E-state index in [0.717, 1.165) is 16.8 Å². The summed E-state index contributed by atoms with van der Waals surface area (Å²) in [5.41, 5.74) is 1.28. The molecule has 2 rings (SSSR count). The van der Waals surface area contributed by atoms with Crippen molar-refractivity contribution in [2.24, 2.45) is 5.92 Å². The Bertz CT molecular complexity index is 314. The number of aliphatic hydroxyl groups is 1. The lowest BCUT2D eigenvalue weighted by Crippen LogP contribution is -2.09. The molecule has 1 aromatic rings. The molecule has 1 aliphatic carbocycles. The average molecular weight is 283 g/mol. The van der Waals surface area contributed by atoms with Crippen LogP contribution in [0.3, 0.4) is 0 Å². The van der Waals surface area contributed by atoms with Crippen LogP contribution in [0.4, 0.5) is 0 Å². The minimum atomic E-state index is 0.276. The van der Waals surface area contributed by atoms with Gasteiger partial charge < -0.3 is 5.11 Å². The molecule has 0 radical (unpaired) electrons.